The number of carbonyl (C=O) groups excluding carboxylic acids is 1. The molecule has 0 aliphatic carbocycles. The van der Waals surface area contributed by atoms with E-state index in [4.69, 9.17) is 37.4 Å². The van der Waals surface area contributed by atoms with Gasteiger partial charge in [-0.3, -0.25) is 0 Å². The molecule has 1 N–H and O–H groups in total. The van der Waals surface area contributed by atoms with Gasteiger partial charge in [-0.25, -0.2) is 17.9 Å². The lowest BCUT2D eigenvalue weighted by atomic mass is 10.2. The van der Waals surface area contributed by atoms with Crippen LogP contribution in [-0.2, 0) is 19.5 Å². The molecular formula is C18H19Cl2NO6S. The van der Waals surface area contributed by atoms with E-state index in [-0.39, 0.29) is 36.8 Å². The molecule has 0 saturated carbocycles. The molecule has 0 amide bonds. The van der Waals surface area contributed by atoms with Crippen LogP contribution in [0.25, 0.3) is 0 Å². The summed E-state index contributed by atoms with van der Waals surface area (Å²) >= 11 is 12.0. The van der Waals surface area contributed by atoms with Gasteiger partial charge in [0, 0.05) is 13.7 Å². The lowest BCUT2D eigenvalue weighted by Crippen LogP contribution is -2.27. The first-order valence-corrected chi connectivity index (χ1v) is 10.4. The number of halogens is 2. The molecule has 0 aliphatic heterocycles. The van der Waals surface area contributed by atoms with Crippen molar-refractivity contribution >= 4 is 39.2 Å². The number of para-hydroxylation sites is 1. The van der Waals surface area contributed by atoms with Crippen molar-refractivity contribution in [2.24, 2.45) is 0 Å². The fraction of sp³-hybridized carbons (Fsp3) is 0.278. The highest BCUT2D eigenvalue weighted by Gasteiger charge is 2.15. The van der Waals surface area contributed by atoms with Crippen molar-refractivity contribution in [1.29, 1.82) is 0 Å². The third-order valence-corrected chi connectivity index (χ3v) is 5.55. The maximum atomic E-state index is 12.1. The summed E-state index contributed by atoms with van der Waals surface area (Å²) in [6.07, 6.45) is 0. The van der Waals surface area contributed by atoms with E-state index in [1.807, 2.05) is 0 Å². The van der Waals surface area contributed by atoms with Crippen LogP contribution in [-0.4, -0.2) is 47.9 Å². The van der Waals surface area contributed by atoms with Crippen molar-refractivity contribution in [2.45, 2.75) is 4.90 Å². The molecule has 2 aromatic rings. The highest BCUT2D eigenvalue weighted by atomic mass is 35.5. The quantitative estimate of drug-likeness (QED) is 0.444. The number of esters is 1. The molecule has 2 rings (SSSR count). The van der Waals surface area contributed by atoms with Gasteiger partial charge in [0.2, 0.25) is 10.0 Å². The summed E-state index contributed by atoms with van der Waals surface area (Å²) in [6.45, 7) is 0.438. The molecule has 0 heterocycles. The zero-order valence-electron chi connectivity index (χ0n) is 15.0. The molecule has 0 spiro atoms. The number of hydrogen-bond acceptors (Lipinski definition) is 6. The van der Waals surface area contributed by atoms with Crippen molar-refractivity contribution in [3.05, 3.63) is 58.1 Å². The number of carbonyl (C=O) groups is 1. The van der Waals surface area contributed by atoms with Crippen LogP contribution in [0.1, 0.15) is 10.4 Å². The molecule has 0 unspecified atom stereocenters. The van der Waals surface area contributed by atoms with E-state index in [0.717, 1.165) is 0 Å². The molecule has 0 aromatic heterocycles. The van der Waals surface area contributed by atoms with Crippen LogP contribution in [0.4, 0.5) is 0 Å². The van der Waals surface area contributed by atoms with Crippen LogP contribution in [0, 0.1) is 0 Å². The molecule has 2 aromatic carbocycles. The lowest BCUT2D eigenvalue weighted by Gasteiger charge is -2.10. The first-order chi connectivity index (χ1) is 13.3. The van der Waals surface area contributed by atoms with Crippen LogP contribution in [0.5, 0.6) is 5.75 Å². The molecule has 0 atom stereocenters. The van der Waals surface area contributed by atoms with E-state index >= 15 is 0 Å². The first-order valence-electron chi connectivity index (χ1n) is 8.18. The predicted molar refractivity (Wildman–Crippen MR) is 106 cm³/mol. The smallest absolute Gasteiger partial charge is 0.338 e. The van der Waals surface area contributed by atoms with E-state index in [1.165, 1.54) is 31.4 Å². The second kappa shape index (κ2) is 10.6. The Kier molecular flexibility index (Phi) is 8.53. The standard InChI is InChI=1S/C18H19Cl2NO6S/c1-25-10-9-21-28(23,24)14-7-5-13(6-8-14)18(22)27-12-11-26-17-15(19)3-2-4-16(17)20/h2-8,21H,9-12H2,1H3. The maximum Gasteiger partial charge on any atom is 0.338 e. The summed E-state index contributed by atoms with van der Waals surface area (Å²) in [5.74, 6) is -0.289. The van der Waals surface area contributed by atoms with E-state index in [0.29, 0.717) is 15.8 Å². The van der Waals surface area contributed by atoms with Crippen molar-refractivity contribution in [2.75, 3.05) is 33.5 Å². The third-order valence-electron chi connectivity index (χ3n) is 3.48. The number of ether oxygens (including phenoxy) is 3. The van der Waals surface area contributed by atoms with Crippen molar-refractivity contribution in [3.63, 3.8) is 0 Å². The number of hydrogen-bond donors (Lipinski definition) is 1. The Labute approximate surface area is 173 Å². The van der Waals surface area contributed by atoms with E-state index in [1.54, 1.807) is 18.2 Å². The van der Waals surface area contributed by atoms with Gasteiger partial charge in [-0.2, -0.15) is 0 Å². The number of rotatable bonds is 10. The average molecular weight is 448 g/mol. The first kappa shape index (κ1) is 22.4. The summed E-state index contributed by atoms with van der Waals surface area (Å²) in [7, 11) is -2.19. The van der Waals surface area contributed by atoms with Gasteiger partial charge in [-0.15, -0.1) is 0 Å². The van der Waals surface area contributed by atoms with Gasteiger partial charge in [0.05, 0.1) is 27.1 Å². The molecule has 0 fully saturated rings. The van der Waals surface area contributed by atoms with Gasteiger partial charge in [-0.1, -0.05) is 29.3 Å². The second-order valence-electron chi connectivity index (χ2n) is 5.45. The highest BCUT2D eigenvalue weighted by Crippen LogP contribution is 2.32. The lowest BCUT2D eigenvalue weighted by molar-refractivity contribution is 0.0450. The molecule has 7 nitrogen and oxygen atoms in total. The molecule has 0 saturated heterocycles. The highest BCUT2D eigenvalue weighted by molar-refractivity contribution is 7.89. The van der Waals surface area contributed by atoms with Gasteiger partial charge < -0.3 is 14.2 Å². The summed E-state index contributed by atoms with van der Waals surface area (Å²) in [4.78, 5) is 12.1. The van der Waals surface area contributed by atoms with Crippen molar-refractivity contribution in [3.8, 4) is 5.75 Å². The summed E-state index contributed by atoms with van der Waals surface area (Å²) in [5.41, 5.74) is 0.214. The number of sulfonamides is 1. The van der Waals surface area contributed by atoms with Gasteiger partial charge >= 0.3 is 5.97 Å². The Morgan fingerprint density at radius 1 is 1.00 bits per heavy atom. The molecule has 0 bridgehead atoms. The monoisotopic (exact) mass is 447 g/mol. The summed E-state index contributed by atoms with van der Waals surface area (Å²) < 4.78 is 41.8. The Morgan fingerprint density at radius 2 is 1.64 bits per heavy atom. The van der Waals surface area contributed by atoms with E-state index in [2.05, 4.69) is 4.72 Å². The Morgan fingerprint density at radius 3 is 2.25 bits per heavy atom. The van der Waals surface area contributed by atoms with Crippen molar-refractivity contribution < 1.29 is 27.4 Å². The van der Waals surface area contributed by atoms with Crippen LogP contribution >= 0.6 is 23.2 Å². The predicted octanol–water partition coefficient (Wildman–Crippen LogP) is 3.15. The zero-order valence-corrected chi connectivity index (χ0v) is 17.3. The van der Waals surface area contributed by atoms with E-state index < -0.39 is 16.0 Å². The number of benzene rings is 2. The topological polar surface area (TPSA) is 90.9 Å². The largest absolute Gasteiger partial charge is 0.487 e. The Bertz CT molecular complexity index is 883. The number of methoxy groups -OCH3 is 1. The fourth-order valence-electron chi connectivity index (χ4n) is 2.11. The maximum absolute atomic E-state index is 12.1. The molecule has 0 radical (unpaired) electrons. The van der Waals surface area contributed by atoms with Crippen LogP contribution in [0.2, 0.25) is 10.0 Å². The van der Waals surface area contributed by atoms with E-state index in [9.17, 15) is 13.2 Å². The van der Waals surface area contributed by atoms with Gasteiger partial charge in [0.1, 0.15) is 13.2 Å². The summed E-state index contributed by atoms with van der Waals surface area (Å²) in [5, 5.41) is 0.712. The van der Waals surface area contributed by atoms with Gasteiger partial charge in [0.15, 0.2) is 5.75 Å². The molecule has 28 heavy (non-hydrogen) atoms. The molecule has 0 aliphatic rings. The average Bonchev–Trinajstić information content (AvgIpc) is 2.67. The van der Waals surface area contributed by atoms with Crippen LogP contribution in [0.3, 0.4) is 0 Å². The second-order valence-corrected chi connectivity index (χ2v) is 8.03. The fourth-order valence-corrected chi connectivity index (χ4v) is 3.63. The third kappa shape index (κ3) is 6.35. The van der Waals surface area contributed by atoms with Crippen LogP contribution in [0.15, 0.2) is 47.4 Å². The minimum absolute atomic E-state index is 0.0288. The minimum atomic E-state index is -3.66. The molecule has 152 valence electrons. The zero-order chi connectivity index (χ0) is 20.6. The molecular weight excluding hydrogens is 429 g/mol. The number of nitrogens with one attached hydrogen (secondary N) is 1. The van der Waals surface area contributed by atoms with Gasteiger partial charge in [-0.05, 0) is 36.4 Å². The van der Waals surface area contributed by atoms with Gasteiger partial charge in [0.25, 0.3) is 0 Å². The Hall–Kier alpha value is -1.84. The SMILES string of the molecule is COCCNS(=O)(=O)c1ccc(C(=O)OCCOc2c(Cl)cccc2Cl)cc1. The Balaban J connectivity index is 1.86. The van der Waals surface area contributed by atoms with Crippen molar-refractivity contribution in [1.82, 2.24) is 4.72 Å². The minimum Gasteiger partial charge on any atom is -0.487 e. The summed E-state index contributed by atoms with van der Waals surface area (Å²) in [6, 6.07) is 10.4. The normalized spacial score (nSPS) is 11.2. The van der Waals surface area contributed by atoms with Crippen LogP contribution < -0.4 is 9.46 Å². The molecule has 10 heteroatoms.